The van der Waals surface area contributed by atoms with Gasteiger partial charge in [0.05, 0.1) is 19.6 Å². The normalized spacial score (nSPS) is 13.1. The molecule has 0 aromatic heterocycles. The number of hydrogen-bond donors (Lipinski definition) is 2. The van der Waals surface area contributed by atoms with Crippen molar-refractivity contribution < 1.29 is 28.9 Å². The lowest BCUT2D eigenvalue weighted by molar-refractivity contribution is -0.137. The summed E-state index contributed by atoms with van der Waals surface area (Å²) >= 11 is 0. The van der Waals surface area contributed by atoms with Crippen molar-refractivity contribution in [2.75, 3.05) is 7.11 Å². The van der Waals surface area contributed by atoms with Crippen molar-refractivity contribution in [2.24, 2.45) is 5.41 Å². The summed E-state index contributed by atoms with van der Waals surface area (Å²) in [6.45, 7) is 9.65. The lowest BCUT2D eigenvalue weighted by Crippen LogP contribution is -2.20. The average molecular weight is 493 g/mol. The van der Waals surface area contributed by atoms with E-state index in [0.29, 0.717) is 28.2 Å². The van der Waals surface area contributed by atoms with E-state index in [9.17, 15) is 14.3 Å². The van der Waals surface area contributed by atoms with E-state index in [2.05, 4.69) is 6.58 Å². The number of aliphatic carboxylic acids is 1. The molecule has 0 aliphatic heterocycles. The maximum atomic E-state index is 14.8. The molecule has 0 saturated carbocycles. The molecule has 3 aromatic rings. The molecular formula is C30H33FO5. The fourth-order valence-corrected chi connectivity index (χ4v) is 3.98. The molecule has 0 unspecified atom stereocenters. The Morgan fingerprint density at radius 3 is 2.50 bits per heavy atom. The van der Waals surface area contributed by atoms with Crippen LogP contribution in [0, 0.1) is 11.2 Å². The van der Waals surface area contributed by atoms with Crippen molar-refractivity contribution in [3.63, 3.8) is 0 Å². The third-order valence-electron chi connectivity index (χ3n) is 6.42. The van der Waals surface area contributed by atoms with Gasteiger partial charge < -0.3 is 19.7 Å². The summed E-state index contributed by atoms with van der Waals surface area (Å²) in [4.78, 5) is 11.1. The number of benzene rings is 3. The van der Waals surface area contributed by atoms with E-state index in [1.165, 1.54) is 13.2 Å². The third kappa shape index (κ3) is 6.32. The number of aliphatic hydroxyl groups is 1. The van der Waals surface area contributed by atoms with Gasteiger partial charge in [0.25, 0.3) is 0 Å². The van der Waals surface area contributed by atoms with Crippen LogP contribution in [0.2, 0.25) is 0 Å². The third-order valence-corrected chi connectivity index (χ3v) is 6.42. The Morgan fingerprint density at radius 1 is 1.08 bits per heavy atom. The molecule has 3 rings (SSSR count). The first kappa shape index (κ1) is 27.0. The Labute approximate surface area is 211 Å². The molecular weight excluding hydrogens is 459 g/mol. The molecule has 190 valence electrons. The summed E-state index contributed by atoms with van der Waals surface area (Å²) in [6, 6.07) is 17.3. The van der Waals surface area contributed by atoms with Gasteiger partial charge in [-0.25, -0.2) is 4.39 Å². The second kappa shape index (κ2) is 11.4. The maximum Gasteiger partial charge on any atom is 0.303 e. The molecule has 5 nitrogen and oxygen atoms in total. The summed E-state index contributed by atoms with van der Waals surface area (Å²) in [5, 5.41) is 20.3. The molecule has 0 radical (unpaired) electrons. The van der Waals surface area contributed by atoms with Crippen molar-refractivity contribution in [1.82, 2.24) is 0 Å². The zero-order valence-electron chi connectivity index (χ0n) is 21.1. The highest BCUT2D eigenvalue weighted by atomic mass is 19.1. The molecule has 2 atom stereocenters. The highest BCUT2D eigenvalue weighted by Crippen LogP contribution is 2.41. The fraction of sp³-hybridized carbons (Fsp3) is 0.300. The Bertz CT molecular complexity index is 1230. The minimum Gasteiger partial charge on any atom is -0.497 e. The summed E-state index contributed by atoms with van der Waals surface area (Å²) < 4.78 is 26.1. The molecule has 0 aliphatic rings. The van der Waals surface area contributed by atoms with E-state index in [1.54, 1.807) is 24.3 Å². The summed E-state index contributed by atoms with van der Waals surface area (Å²) in [7, 11) is 1.52. The van der Waals surface area contributed by atoms with Gasteiger partial charge in [0.1, 0.15) is 23.9 Å². The largest absolute Gasteiger partial charge is 0.497 e. The van der Waals surface area contributed by atoms with Crippen LogP contribution in [0.4, 0.5) is 4.39 Å². The maximum absolute atomic E-state index is 14.8. The summed E-state index contributed by atoms with van der Waals surface area (Å²) in [5.41, 5.74) is 2.44. The SMILES string of the molecule is C=CC(C)(C)[C@H](O)c1cc(COc2cccc([C@H](C)CC(=O)O)c2)ccc1-c1cc(OC)ccc1F. The lowest BCUT2D eigenvalue weighted by atomic mass is 9.79. The molecule has 6 heteroatoms. The van der Waals surface area contributed by atoms with Crippen molar-refractivity contribution >= 4 is 5.97 Å². The van der Waals surface area contributed by atoms with Crippen LogP contribution in [0.3, 0.4) is 0 Å². The van der Waals surface area contributed by atoms with Crippen molar-refractivity contribution in [1.29, 1.82) is 0 Å². The Balaban J connectivity index is 1.95. The van der Waals surface area contributed by atoms with Crippen LogP contribution in [0.15, 0.2) is 73.3 Å². The Morgan fingerprint density at radius 2 is 1.83 bits per heavy atom. The number of ether oxygens (including phenoxy) is 2. The first-order chi connectivity index (χ1) is 17.1. The quantitative estimate of drug-likeness (QED) is 0.285. The highest BCUT2D eigenvalue weighted by molar-refractivity contribution is 5.71. The van der Waals surface area contributed by atoms with Crippen LogP contribution in [0.25, 0.3) is 11.1 Å². The fourth-order valence-electron chi connectivity index (χ4n) is 3.98. The average Bonchev–Trinajstić information content (AvgIpc) is 2.87. The van der Waals surface area contributed by atoms with E-state index in [1.807, 2.05) is 57.2 Å². The van der Waals surface area contributed by atoms with Gasteiger partial charge in [-0.15, -0.1) is 6.58 Å². The van der Waals surface area contributed by atoms with Gasteiger partial charge in [0.2, 0.25) is 0 Å². The number of carbonyl (C=O) groups is 1. The predicted molar refractivity (Wildman–Crippen MR) is 139 cm³/mol. The monoisotopic (exact) mass is 492 g/mol. The smallest absolute Gasteiger partial charge is 0.303 e. The molecule has 0 fully saturated rings. The number of aliphatic hydroxyl groups excluding tert-OH is 1. The van der Waals surface area contributed by atoms with E-state index in [-0.39, 0.29) is 18.9 Å². The zero-order valence-corrected chi connectivity index (χ0v) is 21.1. The minimum absolute atomic E-state index is 0.0338. The molecule has 0 heterocycles. The second-order valence-corrected chi connectivity index (χ2v) is 9.56. The highest BCUT2D eigenvalue weighted by Gasteiger charge is 2.29. The molecule has 3 aromatic carbocycles. The first-order valence-corrected chi connectivity index (χ1v) is 11.8. The van der Waals surface area contributed by atoms with Crippen molar-refractivity contribution in [2.45, 2.75) is 45.8 Å². The molecule has 36 heavy (non-hydrogen) atoms. The van der Waals surface area contributed by atoms with Crippen LogP contribution in [0.1, 0.15) is 55.9 Å². The number of carboxylic acid groups (broad SMARTS) is 1. The van der Waals surface area contributed by atoms with Crippen LogP contribution in [0.5, 0.6) is 11.5 Å². The van der Waals surface area contributed by atoms with Crippen molar-refractivity contribution in [3.8, 4) is 22.6 Å². The van der Waals surface area contributed by atoms with Gasteiger partial charge in [-0.05, 0) is 64.6 Å². The van der Waals surface area contributed by atoms with Crippen LogP contribution < -0.4 is 9.47 Å². The molecule has 0 aliphatic carbocycles. The second-order valence-electron chi connectivity index (χ2n) is 9.56. The van der Waals surface area contributed by atoms with Gasteiger partial charge in [0, 0.05) is 11.0 Å². The Kier molecular flexibility index (Phi) is 8.53. The lowest BCUT2D eigenvalue weighted by Gasteiger charge is -2.29. The van der Waals surface area contributed by atoms with Gasteiger partial charge in [0.15, 0.2) is 0 Å². The van der Waals surface area contributed by atoms with E-state index in [0.717, 1.165) is 11.1 Å². The van der Waals surface area contributed by atoms with Gasteiger partial charge in [-0.2, -0.15) is 0 Å². The minimum atomic E-state index is -0.948. The molecule has 0 spiro atoms. The van der Waals surface area contributed by atoms with E-state index < -0.39 is 23.3 Å². The van der Waals surface area contributed by atoms with Gasteiger partial charge >= 0.3 is 5.97 Å². The molecule has 0 saturated heterocycles. The van der Waals surface area contributed by atoms with Gasteiger partial charge in [-0.1, -0.05) is 51.1 Å². The molecule has 2 N–H and O–H groups in total. The number of halogens is 1. The molecule has 0 bridgehead atoms. The zero-order chi connectivity index (χ0) is 26.5. The van der Waals surface area contributed by atoms with Crippen LogP contribution in [-0.4, -0.2) is 23.3 Å². The van der Waals surface area contributed by atoms with Crippen molar-refractivity contribution in [3.05, 3.63) is 95.8 Å². The van der Waals surface area contributed by atoms with Crippen LogP contribution >= 0.6 is 0 Å². The topological polar surface area (TPSA) is 76.0 Å². The van der Waals surface area contributed by atoms with E-state index >= 15 is 0 Å². The number of rotatable bonds is 11. The Hall–Kier alpha value is -3.64. The van der Waals surface area contributed by atoms with E-state index in [4.69, 9.17) is 14.6 Å². The number of methoxy groups -OCH3 is 1. The predicted octanol–water partition coefficient (Wildman–Crippen LogP) is 6.90. The molecule has 0 amide bonds. The summed E-state index contributed by atoms with van der Waals surface area (Å²) in [6.07, 6.45) is 0.762. The van der Waals surface area contributed by atoms with Crippen LogP contribution in [-0.2, 0) is 11.4 Å². The summed E-state index contributed by atoms with van der Waals surface area (Å²) in [5.74, 6) is -0.293. The number of hydrogen-bond acceptors (Lipinski definition) is 4. The first-order valence-electron chi connectivity index (χ1n) is 11.8. The standard InChI is InChI=1S/C30H33FO5/c1-6-30(3,4)29(34)26-15-20(10-12-24(26)25-17-22(35-5)11-13-27(25)31)18-36-23-9-7-8-21(16-23)19(2)14-28(32)33/h6-13,15-17,19,29,34H,1,14,18H2,2-5H3,(H,32,33)/t19-,29-/m1/s1. The number of carboxylic acids is 1. The van der Waals surface area contributed by atoms with Gasteiger partial charge in [-0.3, -0.25) is 4.79 Å².